The molecule has 0 saturated heterocycles. The smallest absolute Gasteiger partial charge is 0.230 e. The maximum absolute atomic E-state index is 11.6. The van der Waals surface area contributed by atoms with E-state index in [1.165, 1.54) is 0 Å². The molecule has 4 nitrogen and oxygen atoms in total. The number of phenolic OH excluding ortho intramolecular Hbond substituents is 1. The van der Waals surface area contributed by atoms with Crippen molar-refractivity contribution in [2.75, 3.05) is 0 Å². The lowest BCUT2D eigenvalue weighted by atomic mass is 10.0. The summed E-state index contributed by atoms with van der Waals surface area (Å²) in [6.45, 7) is 0. The highest BCUT2D eigenvalue weighted by Gasteiger charge is 2.25. The molecule has 1 aromatic heterocycles. The summed E-state index contributed by atoms with van der Waals surface area (Å²) in [7, 11) is 0. The lowest BCUT2D eigenvalue weighted by Gasteiger charge is -2.04. The Morgan fingerprint density at radius 1 is 1.24 bits per heavy atom. The molecule has 0 unspecified atom stereocenters. The number of carbonyl (C=O) groups excluding carboxylic acids is 1. The van der Waals surface area contributed by atoms with Crippen LogP contribution in [0.25, 0.3) is 11.5 Å². The number of nitrogens with zero attached hydrogens (tertiary/aromatic N) is 1. The number of Topliss-reactive ketones (excluding diaryl/α,β-unsaturated/α-hetero) is 1. The number of aromatic hydroxyl groups is 1. The summed E-state index contributed by atoms with van der Waals surface area (Å²) in [6.07, 6.45) is 2.07. The van der Waals surface area contributed by atoms with Crippen LogP contribution < -0.4 is 0 Å². The highest BCUT2D eigenvalue weighted by atomic mass is 16.4. The van der Waals surface area contributed by atoms with E-state index in [9.17, 15) is 9.90 Å². The molecular weight excluding hydrogens is 218 g/mol. The third-order valence-corrected chi connectivity index (χ3v) is 2.90. The number of hydrogen-bond donors (Lipinski definition) is 1. The van der Waals surface area contributed by atoms with Gasteiger partial charge < -0.3 is 9.52 Å². The molecule has 0 saturated carbocycles. The van der Waals surface area contributed by atoms with Crippen molar-refractivity contribution in [2.45, 2.75) is 19.3 Å². The quantitative estimate of drug-likeness (QED) is 0.816. The minimum absolute atomic E-state index is 0.0247. The van der Waals surface area contributed by atoms with Gasteiger partial charge in [0, 0.05) is 12.8 Å². The molecule has 1 aliphatic carbocycles. The van der Waals surface area contributed by atoms with Crippen molar-refractivity contribution in [3.8, 4) is 17.2 Å². The minimum atomic E-state index is 0.0247. The fourth-order valence-corrected chi connectivity index (χ4v) is 2.04. The number of benzene rings is 1. The van der Waals surface area contributed by atoms with Crippen LogP contribution in [0.15, 0.2) is 28.7 Å². The van der Waals surface area contributed by atoms with E-state index in [1.807, 2.05) is 0 Å². The monoisotopic (exact) mass is 229 g/mol. The second-order valence-corrected chi connectivity index (χ2v) is 4.08. The number of aromatic nitrogens is 1. The predicted octanol–water partition coefficient (Wildman–Crippen LogP) is 2.57. The standard InChI is InChI=1S/C13H11NO3/c15-9-5-2-1-4-8(9)13-14-12-10(16)6-3-7-11(12)17-13/h1-2,4-5,15H,3,6-7H2. The summed E-state index contributed by atoms with van der Waals surface area (Å²) in [5.74, 6) is 1.10. The molecule has 0 spiro atoms. The van der Waals surface area contributed by atoms with Crippen LogP contribution in [0.2, 0.25) is 0 Å². The second-order valence-electron chi connectivity index (χ2n) is 4.08. The van der Waals surface area contributed by atoms with E-state index in [4.69, 9.17) is 4.42 Å². The minimum Gasteiger partial charge on any atom is -0.507 e. The number of ketones is 1. The van der Waals surface area contributed by atoms with Gasteiger partial charge >= 0.3 is 0 Å². The average Bonchev–Trinajstić information content (AvgIpc) is 2.75. The fraction of sp³-hybridized carbons (Fsp3) is 0.231. The van der Waals surface area contributed by atoms with Gasteiger partial charge in [0.25, 0.3) is 0 Å². The Morgan fingerprint density at radius 3 is 2.82 bits per heavy atom. The van der Waals surface area contributed by atoms with Crippen LogP contribution in [0.3, 0.4) is 0 Å². The molecule has 1 N–H and O–H groups in total. The maximum Gasteiger partial charge on any atom is 0.230 e. The first-order chi connectivity index (χ1) is 8.25. The lowest BCUT2D eigenvalue weighted by molar-refractivity contribution is 0.0965. The summed E-state index contributed by atoms with van der Waals surface area (Å²) in [4.78, 5) is 15.8. The first-order valence-electron chi connectivity index (χ1n) is 5.57. The van der Waals surface area contributed by atoms with Gasteiger partial charge in [-0.25, -0.2) is 4.98 Å². The number of carbonyl (C=O) groups is 1. The first-order valence-corrected chi connectivity index (χ1v) is 5.57. The number of fused-ring (bicyclic) bond motifs is 1. The molecule has 3 rings (SSSR count). The third-order valence-electron chi connectivity index (χ3n) is 2.90. The summed E-state index contributed by atoms with van der Waals surface area (Å²) in [6, 6.07) is 6.81. The molecule has 0 amide bonds. The van der Waals surface area contributed by atoms with Crippen LogP contribution in [0.5, 0.6) is 5.75 Å². The van der Waals surface area contributed by atoms with E-state index in [-0.39, 0.29) is 11.5 Å². The average molecular weight is 229 g/mol. The summed E-state index contributed by atoms with van der Waals surface area (Å²) < 4.78 is 5.55. The van der Waals surface area contributed by atoms with Crippen LogP contribution in [0.1, 0.15) is 29.1 Å². The molecule has 0 aliphatic heterocycles. The highest BCUT2D eigenvalue weighted by molar-refractivity contribution is 5.96. The van der Waals surface area contributed by atoms with Crippen molar-refractivity contribution < 1.29 is 14.3 Å². The molecule has 86 valence electrons. The van der Waals surface area contributed by atoms with E-state index < -0.39 is 0 Å². The van der Waals surface area contributed by atoms with E-state index in [0.717, 1.165) is 12.8 Å². The van der Waals surface area contributed by atoms with Crippen molar-refractivity contribution in [3.63, 3.8) is 0 Å². The van der Waals surface area contributed by atoms with Crippen LogP contribution in [0.4, 0.5) is 0 Å². The zero-order valence-electron chi connectivity index (χ0n) is 9.14. The molecule has 1 aromatic carbocycles. The van der Waals surface area contributed by atoms with Crippen molar-refractivity contribution in [1.82, 2.24) is 4.98 Å². The molecule has 2 aromatic rings. The van der Waals surface area contributed by atoms with E-state index in [1.54, 1.807) is 24.3 Å². The number of oxazole rings is 1. The van der Waals surface area contributed by atoms with Crippen LogP contribution >= 0.6 is 0 Å². The van der Waals surface area contributed by atoms with Crippen LogP contribution in [-0.2, 0) is 6.42 Å². The van der Waals surface area contributed by atoms with Gasteiger partial charge in [-0.05, 0) is 18.6 Å². The van der Waals surface area contributed by atoms with Gasteiger partial charge in [0.05, 0.1) is 5.56 Å². The number of rotatable bonds is 1. The molecule has 17 heavy (non-hydrogen) atoms. The van der Waals surface area contributed by atoms with Gasteiger partial charge in [-0.1, -0.05) is 12.1 Å². The largest absolute Gasteiger partial charge is 0.507 e. The summed E-state index contributed by atoms with van der Waals surface area (Å²) >= 11 is 0. The summed E-state index contributed by atoms with van der Waals surface area (Å²) in [5.41, 5.74) is 0.948. The van der Waals surface area contributed by atoms with Gasteiger partial charge in [-0.2, -0.15) is 0 Å². The van der Waals surface area contributed by atoms with Crippen LogP contribution in [-0.4, -0.2) is 15.9 Å². The van der Waals surface area contributed by atoms with E-state index >= 15 is 0 Å². The molecule has 4 heteroatoms. The van der Waals surface area contributed by atoms with E-state index in [0.29, 0.717) is 29.3 Å². The Labute approximate surface area is 97.9 Å². The van der Waals surface area contributed by atoms with Gasteiger partial charge in [0.1, 0.15) is 17.2 Å². The second kappa shape index (κ2) is 3.73. The Kier molecular flexibility index (Phi) is 2.21. The van der Waals surface area contributed by atoms with Gasteiger partial charge in [0.2, 0.25) is 5.89 Å². The zero-order chi connectivity index (χ0) is 11.8. The SMILES string of the molecule is O=C1CCCc2oc(-c3ccccc3O)nc21. The Hall–Kier alpha value is -2.10. The zero-order valence-corrected chi connectivity index (χ0v) is 9.14. The third kappa shape index (κ3) is 1.62. The van der Waals surface area contributed by atoms with Crippen LogP contribution in [0, 0.1) is 0 Å². The molecule has 0 bridgehead atoms. The van der Waals surface area contributed by atoms with Crippen molar-refractivity contribution in [3.05, 3.63) is 35.7 Å². The van der Waals surface area contributed by atoms with Crippen molar-refractivity contribution in [2.24, 2.45) is 0 Å². The van der Waals surface area contributed by atoms with Crippen molar-refractivity contribution in [1.29, 1.82) is 0 Å². The first kappa shape index (κ1) is 10.1. The molecule has 0 atom stereocenters. The van der Waals surface area contributed by atoms with E-state index in [2.05, 4.69) is 4.98 Å². The highest BCUT2D eigenvalue weighted by Crippen LogP contribution is 2.31. The van der Waals surface area contributed by atoms with Gasteiger partial charge in [-0.15, -0.1) is 0 Å². The Morgan fingerprint density at radius 2 is 2.06 bits per heavy atom. The molecular formula is C13H11NO3. The summed E-state index contributed by atoms with van der Waals surface area (Å²) in [5, 5.41) is 9.71. The molecule has 0 radical (unpaired) electrons. The Bertz CT molecular complexity index is 586. The Balaban J connectivity index is 2.11. The fourth-order valence-electron chi connectivity index (χ4n) is 2.04. The van der Waals surface area contributed by atoms with Gasteiger partial charge in [0.15, 0.2) is 5.78 Å². The van der Waals surface area contributed by atoms with Gasteiger partial charge in [-0.3, -0.25) is 4.79 Å². The molecule has 1 heterocycles. The maximum atomic E-state index is 11.6. The lowest BCUT2D eigenvalue weighted by Crippen LogP contribution is -2.09. The normalized spacial score (nSPS) is 14.7. The number of phenols is 1. The molecule has 0 fully saturated rings. The number of para-hydroxylation sites is 1. The molecule has 1 aliphatic rings. The number of aryl methyl sites for hydroxylation is 1. The topological polar surface area (TPSA) is 63.3 Å². The predicted molar refractivity (Wildman–Crippen MR) is 60.9 cm³/mol. The van der Waals surface area contributed by atoms with Crippen molar-refractivity contribution >= 4 is 5.78 Å². The number of hydrogen-bond acceptors (Lipinski definition) is 4.